The summed E-state index contributed by atoms with van der Waals surface area (Å²) >= 11 is 8.34. The first-order valence-corrected chi connectivity index (χ1v) is 13.2. The number of aryl methyl sites for hydroxylation is 2. The lowest BCUT2D eigenvalue weighted by atomic mass is 9.93. The summed E-state index contributed by atoms with van der Waals surface area (Å²) in [6.45, 7) is 9.60. The number of thioether (sulfide) groups is 1. The number of rotatable bonds is 5. The number of hydrogen-bond acceptors (Lipinski definition) is 5. The number of benzene rings is 2. The standard InChI is InChI=1S/C28H28ClN5OS/c1-5-34-19(4)23(17(2)32-34)15-21-16-33-26(22-13-9-10-14-24(22)29)25(18(3)30-28(33)36-21)27(35)31-20-11-7-6-8-12-20/h6-15,26H,5,16H2,1-4H3,(H,31,35)/b21-15-/t26-/m1/s1. The number of nitrogens with zero attached hydrogens (tertiary/aromatic N) is 4. The molecule has 0 saturated carbocycles. The van der Waals surface area contributed by atoms with Gasteiger partial charge in [-0.25, -0.2) is 4.99 Å². The van der Waals surface area contributed by atoms with Gasteiger partial charge in [0.1, 0.15) is 0 Å². The van der Waals surface area contributed by atoms with Crippen molar-refractivity contribution in [2.24, 2.45) is 4.99 Å². The van der Waals surface area contributed by atoms with Gasteiger partial charge in [-0.3, -0.25) is 9.48 Å². The number of carbonyl (C=O) groups is 1. The minimum Gasteiger partial charge on any atom is -0.335 e. The number of carbonyl (C=O) groups excluding carboxylic acids is 1. The molecule has 3 aromatic rings. The number of amides is 1. The molecular formula is C28H28ClN5OS. The van der Waals surface area contributed by atoms with Crippen molar-refractivity contribution < 1.29 is 4.79 Å². The highest BCUT2D eigenvalue weighted by Gasteiger charge is 2.40. The number of nitrogens with one attached hydrogen (secondary N) is 1. The smallest absolute Gasteiger partial charge is 0.255 e. The first kappa shape index (κ1) is 24.4. The number of anilines is 1. The molecule has 1 fully saturated rings. The van der Waals surface area contributed by atoms with E-state index in [4.69, 9.17) is 16.6 Å². The van der Waals surface area contributed by atoms with E-state index in [0.717, 1.165) is 44.8 Å². The Morgan fingerprint density at radius 2 is 1.86 bits per heavy atom. The van der Waals surface area contributed by atoms with Crippen LogP contribution in [0.2, 0.25) is 5.02 Å². The van der Waals surface area contributed by atoms with Crippen molar-refractivity contribution in [3.8, 4) is 0 Å². The number of para-hydroxylation sites is 1. The van der Waals surface area contributed by atoms with Gasteiger partial charge in [0.15, 0.2) is 5.17 Å². The normalized spacial score (nSPS) is 18.5. The van der Waals surface area contributed by atoms with Crippen molar-refractivity contribution in [1.82, 2.24) is 14.7 Å². The van der Waals surface area contributed by atoms with Crippen molar-refractivity contribution in [3.05, 3.63) is 98.3 Å². The van der Waals surface area contributed by atoms with Gasteiger partial charge in [-0.05, 0) is 57.5 Å². The molecule has 0 bridgehead atoms. The third kappa shape index (κ3) is 4.49. The molecule has 184 valence electrons. The van der Waals surface area contributed by atoms with Crippen LogP contribution in [0.3, 0.4) is 0 Å². The van der Waals surface area contributed by atoms with E-state index in [1.807, 2.05) is 73.1 Å². The van der Waals surface area contributed by atoms with Crippen LogP contribution in [-0.2, 0) is 11.3 Å². The average Bonchev–Trinajstić information content (AvgIpc) is 3.39. The van der Waals surface area contributed by atoms with E-state index in [9.17, 15) is 4.79 Å². The maximum atomic E-state index is 13.6. The molecule has 1 saturated heterocycles. The van der Waals surface area contributed by atoms with E-state index in [0.29, 0.717) is 22.8 Å². The van der Waals surface area contributed by atoms with Crippen LogP contribution >= 0.6 is 23.4 Å². The molecule has 2 aliphatic rings. The van der Waals surface area contributed by atoms with Crippen LogP contribution in [0.25, 0.3) is 6.08 Å². The third-order valence-corrected chi connectivity index (χ3v) is 7.91. The van der Waals surface area contributed by atoms with Gasteiger partial charge in [0.05, 0.1) is 29.6 Å². The molecule has 0 spiro atoms. The lowest BCUT2D eigenvalue weighted by Crippen LogP contribution is -2.37. The number of aliphatic imine (C=N–C) groups is 1. The fraction of sp³-hybridized carbons (Fsp3) is 0.250. The lowest BCUT2D eigenvalue weighted by molar-refractivity contribution is -0.113. The number of aromatic nitrogens is 2. The highest BCUT2D eigenvalue weighted by Crippen LogP contribution is 2.46. The molecule has 5 rings (SSSR count). The predicted molar refractivity (Wildman–Crippen MR) is 149 cm³/mol. The summed E-state index contributed by atoms with van der Waals surface area (Å²) in [6, 6.07) is 16.9. The first-order chi connectivity index (χ1) is 17.4. The predicted octanol–water partition coefficient (Wildman–Crippen LogP) is 6.59. The van der Waals surface area contributed by atoms with Gasteiger partial charge in [0.25, 0.3) is 5.91 Å². The van der Waals surface area contributed by atoms with Gasteiger partial charge in [-0.15, -0.1) is 0 Å². The Labute approximate surface area is 220 Å². The van der Waals surface area contributed by atoms with Crippen LogP contribution in [0.1, 0.15) is 42.4 Å². The van der Waals surface area contributed by atoms with E-state index < -0.39 is 0 Å². The average molecular weight is 518 g/mol. The molecule has 0 aliphatic carbocycles. The summed E-state index contributed by atoms with van der Waals surface area (Å²) in [7, 11) is 0. The maximum Gasteiger partial charge on any atom is 0.255 e. The number of halogens is 1. The molecule has 0 radical (unpaired) electrons. The molecule has 1 N–H and O–H groups in total. The highest BCUT2D eigenvalue weighted by atomic mass is 35.5. The zero-order valence-corrected chi connectivity index (χ0v) is 22.3. The van der Waals surface area contributed by atoms with Gasteiger partial charge in [0.2, 0.25) is 0 Å². The highest BCUT2D eigenvalue weighted by molar-refractivity contribution is 8.17. The molecule has 0 unspecified atom stereocenters. The van der Waals surface area contributed by atoms with Crippen molar-refractivity contribution in [1.29, 1.82) is 0 Å². The second-order valence-electron chi connectivity index (χ2n) is 8.88. The lowest BCUT2D eigenvalue weighted by Gasteiger charge is -2.35. The van der Waals surface area contributed by atoms with E-state index in [2.05, 4.69) is 35.2 Å². The van der Waals surface area contributed by atoms with Gasteiger partial charge in [0, 0.05) is 33.4 Å². The van der Waals surface area contributed by atoms with Crippen LogP contribution in [-0.4, -0.2) is 32.3 Å². The largest absolute Gasteiger partial charge is 0.335 e. The molecule has 8 heteroatoms. The van der Waals surface area contributed by atoms with E-state index in [-0.39, 0.29) is 11.9 Å². The third-order valence-electron chi connectivity index (χ3n) is 6.55. The molecule has 1 aromatic heterocycles. The van der Waals surface area contributed by atoms with Gasteiger partial charge in [-0.2, -0.15) is 5.10 Å². The van der Waals surface area contributed by atoms with Gasteiger partial charge < -0.3 is 10.2 Å². The fourth-order valence-electron chi connectivity index (χ4n) is 4.78. The minimum absolute atomic E-state index is 0.176. The van der Waals surface area contributed by atoms with Crippen LogP contribution in [0.15, 0.2) is 75.8 Å². The minimum atomic E-state index is -0.353. The Morgan fingerprint density at radius 1 is 1.14 bits per heavy atom. The summed E-state index contributed by atoms with van der Waals surface area (Å²) in [4.78, 5) is 21.8. The Morgan fingerprint density at radius 3 is 2.56 bits per heavy atom. The van der Waals surface area contributed by atoms with Crippen LogP contribution in [0.4, 0.5) is 5.69 Å². The second-order valence-corrected chi connectivity index (χ2v) is 10.4. The van der Waals surface area contributed by atoms with E-state index in [1.54, 1.807) is 11.8 Å². The van der Waals surface area contributed by atoms with Crippen LogP contribution < -0.4 is 5.32 Å². The van der Waals surface area contributed by atoms with Crippen molar-refractivity contribution in [3.63, 3.8) is 0 Å². The summed E-state index contributed by atoms with van der Waals surface area (Å²) in [5.41, 5.74) is 6.22. The molecule has 1 amide bonds. The first-order valence-electron chi connectivity index (χ1n) is 12.0. The Kier molecular flexibility index (Phi) is 6.77. The quantitative estimate of drug-likeness (QED) is 0.415. The second kappa shape index (κ2) is 9.99. The molecule has 2 aromatic carbocycles. The Bertz CT molecular complexity index is 1420. The topological polar surface area (TPSA) is 62.5 Å². The molecule has 36 heavy (non-hydrogen) atoms. The summed E-state index contributed by atoms with van der Waals surface area (Å²) in [6.07, 6.45) is 2.21. The number of hydrogen-bond donors (Lipinski definition) is 1. The molecule has 6 nitrogen and oxygen atoms in total. The number of allylic oxidation sites excluding steroid dienone is 1. The maximum absolute atomic E-state index is 13.6. The monoisotopic (exact) mass is 517 g/mol. The molecule has 2 aliphatic heterocycles. The Hall–Kier alpha value is -3.29. The number of fused-ring (bicyclic) bond motifs is 1. The molecule has 3 heterocycles. The van der Waals surface area contributed by atoms with Crippen LogP contribution in [0, 0.1) is 13.8 Å². The van der Waals surface area contributed by atoms with Crippen LogP contribution in [0.5, 0.6) is 0 Å². The fourth-order valence-corrected chi connectivity index (χ4v) is 6.11. The van der Waals surface area contributed by atoms with Crippen molar-refractivity contribution in [2.45, 2.75) is 40.3 Å². The van der Waals surface area contributed by atoms with Crippen molar-refractivity contribution >= 4 is 46.2 Å². The van der Waals surface area contributed by atoms with Gasteiger partial charge >= 0.3 is 0 Å². The number of amidine groups is 1. The van der Waals surface area contributed by atoms with E-state index >= 15 is 0 Å². The van der Waals surface area contributed by atoms with Gasteiger partial charge in [-0.1, -0.05) is 59.8 Å². The Balaban J connectivity index is 1.54. The zero-order chi connectivity index (χ0) is 25.4. The molecule has 1 atom stereocenters. The SMILES string of the molecule is CCn1nc(C)c(/C=C2/CN3C(=NC(C)=C(C(=O)Nc4ccccc4)[C@H]3c3ccccc3Cl)S2)c1C. The summed E-state index contributed by atoms with van der Waals surface area (Å²) < 4.78 is 2.02. The summed E-state index contributed by atoms with van der Waals surface area (Å²) in [5, 5.41) is 9.21. The van der Waals surface area contributed by atoms with Crippen molar-refractivity contribution in [2.75, 3.05) is 11.9 Å². The molecular weight excluding hydrogens is 490 g/mol. The zero-order valence-electron chi connectivity index (χ0n) is 20.7. The summed E-state index contributed by atoms with van der Waals surface area (Å²) in [5.74, 6) is -0.176. The van der Waals surface area contributed by atoms with E-state index in [1.165, 1.54) is 0 Å².